The highest BCUT2D eigenvalue weighted by molar-refractivity contribution is 6.54. The molecule has 2 aliphatic heterocycles. The quantitative estimate of drug-likeness (QED) is 0.458. The van der Waals surface area contributed by atoms with E-state index in [0.29, 0.717) is 11.3 Å². The van der Waals surface area contributed by atoms with Gasteiger partial charge in [0.2, 0.25) is 12.2 Å². The van der Waals surface area contributed by atoms with Crippen LogP contribution in [0, 0.1) is 0 Å². The molecular weight excluding hydrogens is 358 g/mol. The molecule has 0 aromatic heterocycles. The standard InChI is InChI=1S/C17H21N3O7/c1-8(22)18-13-15(24)14(23)11(7-21)26-17(13)27-19-12-9-5-3-4-6-10(9)20(2)16(12)25/h3-6,11,13-15,17,21,23-24H,7H2,1-2H3,(H,18,22)/b19-12-/t11-,13+,14+,15+,17+/m1/s1. The third-order valence-electron chi connectivity index (χ3n) is 4.53. The first-order chi connectivity index (χ1) is 12.8. The van der Waals surface area contributed by atoms with E-state index in [2.05, 4.69) is 10.5 Å². The number of rotatable bonds is 4. The van der Waals surface area contributed by atoms with Gasteiger partial charge in [0.05, 0.1) is 12.3 Å². The monoisotopic (exact) mass is 379 g/mol. The predicted octanol–water partition coefficient (Wildman–Crippen LogP) is -1.67. The maximum Gasteiger partial charge on any atom is 0.280 e. The van der Waals surface area contributed by atoms with Gasteiger partial charge in [0, 0.05) is 19.5 Å². The normalized spacial score (nSPS) is 31.7. The van der Waals surface area contributed by atoms with E-state index in [9.17, 15) is 24.9 Å². The van der Waals surface area contributed by atoms with Gasteiger partial charge in [0.1, 0.15) is 24.4 Å². The van der Waals surface area contributed by atoms with Crippen molar-refractivity contribution < 1.29 is 34.5 Å². The lowest BCUT2D eigenvalue weighted by Crippen LogP contribution is -2.64. The van der Waals surface area contributed by atoms with E-state index in [0.717, 1.165) is 0 Å². The number of aliphatic hydroxyl groups is 3. The van der Waals surface area contributed by atoms with Gasteiger partial charge in [-0.2, -0.15) is 0 Å². The molecule has 0 unspecified atom stereocenters. The van der Waals surface area contributed by atoms with Crippen molar-refractivity contribution >= 4 is 23.2 Å². The largest absolute Gasteiger partial charge is 0.394 e. The SMILES string of the molecule is CC(=O)N[C@@H]1[C@H](O/N=C2\C(=O)N(C)c3ccccc32)O[C@H](CO)[C@H](O)[C@H]1O. The van der Waals surface area contributed by atoms with Crippen LogP contribution >= 0.6 is 0 Å². The fraction of sp³-hybridized carbons (Fsp3) is 0.471. The number of likely N-dealkylation sites (N-methyl/N-ethyl adjacent to an activating group) is 1. The molecule has 2 heterocycles. The molecule has 0 saturated carbocycles. The molecule has 1 aromatic carbocycles. The third kappa shape index (κ3) is 3.52. The number of oxime groups is 1. The van der Waals surface area contributed by atoms with E-state index in [1.807, 2.05) is 0 Å². The topological polar surface area (TPSA) is 141 Å². The van der Waals surface area contributed by atoms with Gasteiger partial charge in [-0.1, -0.05) is 23.4 Å². The first-order valence-electron chi connectivity index (χ1n) is 8.36. The highest BCUT2D eigenvalue weighted by Gasteiger charge is 2.46. The second-order valence-corrected chi connectivity index (χ2v) is 6.36. The third-order valence-corrected chi connectivity index (χ3v) is 4.53. The van der Waals surface area contributed by atoms with Gasteiger partial charge >= 0.3 is 0 Å². The predicted molar refractivity (Wildman–Crippen MR) is 92.8 cm³/mol. The van der Waals surface area contributed by atoms with Crippen LogP contribution in [0.2, 0.25) is 0 Å². The molecule has 0 aliphatic carbocycles. The highest BCUT2D eigenvalue weighted by atomic mass is 16.8. The first-order valence-corrected chi connectivity index (χ1v) is 8.36. The van der Waals surface area contributed by atoms with Gasteiger partial charge in [-0.15, -0.1) is 0 Å². The number of nitrogens with zero attached hydrogens (tertiary/aromatic N) is 2. The molecule has 27 heavy (non-hydrogen) atoms. The number of hydrogen-bond donors (Lipinski definition) is 4. The summed E-state index contributed by atoms with van der Waals surface area (Å²) in [7, 11) is 1.60. The molecule has 10 nitrogen and oxygen atoms in total. The summed E-state index contributed by atoms with van der Waals surface area (Å²) in [6, 6.07) is 5.86. The van der Waals surface area contributed by atoms with Crippen molar-refractivity contribution in [3.8, 4) is 0 Å². The fourth-order valence-electron chi connectivity index (χ4n) is 3.10. The minimum atomic E-state index is -1.46. The van der Waals surface area contributed by atoms with Crippen molar-refractivity contribution in [2.75, 3.05) is 18.6 Å². The Hall–Kier alpha value is -2.53. The lowest BCUT2D eigenvalue weighted by atomic mass is 9.97. The Kier molecular flexibility index (Phi) is 5.42. The minimum absolute atomic E-state index is 0.0411. The van der Waals surface area contributed by atoms with Crippen molar-refractivity contribution in [2.24, 2.45) is 5.16 Å². The van der Waals surface area contributed by atoms with E-state index in [1.54, 1.807) is 31.3 Å². The second kappa shape index (κ2) is 7.61. The Morgan fingerprint density at radius 3 is 2.70 bits per heavy atom. The number of nitrogens with one attached hydrogen (secondary N) is 1. The van der Waals surface area contributed by atoms with E-state index in [4.69, 9.17) is 9.57 Å². The van der Waals surface area contributed by atoms with E-state index in [1.165, 1.54) is 11.8 Å². The highest BCUT2D eigenvalue weighted by Crippen LogP contribution is 2.28. The molecule has 0 spiro atoms. The molecule has 146 valence electrons. The molecule has 1 aromatic rings. The van der Waals surface area contributed by atoms with Crippen molar-refractivity contribution in [3.05, 3.63) is 29.8 Å². The van der Waals surface area contributed by atoms with Crippen LogP contribution < -0.4 is 10.2 Å². The van der Waals surface area contributed by atoms with E-state index in [-0.39, 0.29) is 11.6 Å². The maximum atomic E-state index is 12.4. The Balaban J connectivity index is 1.87. The van der Waals surface area contributed by atoms with Gasteiger partial charge in [-0.05, 0) is 6.07 Å². The Morgan fingerprint density at radius 1 is 1.33 bits per heavy atom. The summed E-state index contributed by atoms with van der Waals surface area (Å²) in [6.07, 6.45) is -5.34. The van der Waals surface area contributed by atoms with Crippen LogP contribution in [0.15, 0.2) is 29.4 Å². The fourth-order valence-corrected chi connectivity index (χ4v) is 3.10. The average Bonchev–Trinajstić information content (AvgIpc) is 2.89. The van der Waals surface area contributed by atoms with Crippen molar-refractivity contribution in [1.82, 2.24) is 5.32 Å². The summed E-state index contributed by atoms with van der Waals surface area (Å²) in [5.41, 5.74) is 1.27. The Labute approximate surface area is 155 Å². The summed E-state index contributed by atoms with van der Waals surface area (Å²) in [5.74, 6) is -0.872. The number of carbonyl (C=O) groups excluding carboxylic acids is 2. The van der Waals surface area contributed by atoms with Gasteiger partial charge in [0.25, 0.3) is 5.91 Å². The molecule has 0 radical (unpaired) electrons. The van der Waals surface area contributed by atoms with Crippen LogP contribution in [0.5, 0.6) is 0 Å². The van der Waals surface area contributed by atoms with E-state index < -0.39 is 43.2 Å². The van der Waals surface area contributed by atoms with Crippen LogP contribution in [-0.4, -0.2) is 77.1 Å². The van der Waals surface area contributed by atoms with Crippen LogP contribution in [0.25, 0.3) is 0 Å². The number of hydrogen-bond acceptors (Lipinski definition) is 8. The number of carbonyl (C=O) groups is 2. The van der Waals surface area contributed by atoms with Gasteiger partial charge in [-0.25, -0.2) is 0 Å². The van der Waals surface area contributed by atoms with Crippen LogP contribution in [0.4, 0.5) is 5.69 Å². The lowest BCUT2D eigenvalue weighted by molar-refractivity contribution is -0.270. The smallest absolute Gasteiger partial charge is 0.280 e. The zero-order chi connectivity index (χ0) is 19.7. The van der Waals surface area contributed by atoms with E-state index >= 15 is 0 Å². The number of fused-ring (bicyclic) bond motifs is 1. The average molecular weight is 379 g/mol. The van der Waals surface area contributed by atoms with Crippen LogP contribution in [-0.2, 0) is 19.2 Å². The van der Waals surface area contributed by atoms with Gasteiger partial charge < -0.3 is 35.1 Å². The number of amides is 2. The number of ether oxygens (including phenoxy) is 1. The van der Waals surface area contributed by atoms with Crippen molar-refractivity contribution in [2.45, 2.75) is 37.6 Å². The molecule has 2 aliphatic rings. The molecule has 4 N–H and O–H groups in total. The summed E-state index contributed by atoms with van der Waals surface area (Å²) in [5, 5.41) is 35.9. The molecule has 1 fully saturated rings. The molecule has 5 atom stereocenters. The molecule has 10 heteroatoms. The number of anilines is 1. The molecule has 3 rings (SSSR count). The lowest BCUT2D eigenvalue weighted by Gasteiger charge is -2.40. The molecule has 0 bridgehead atoms. The van der Waals surface area contributed by atoms with Crippen molar-refractivity contribution in [3.63, 3.8) is 0 Å². The summed E-state index contributed by atoms with van der Waals surface area (Å²) in [4.78, 5) is 30.6. The van der Waals surface area contributed by atoms with Gasteiger partial charge in [-0.3, -0.25) is 9.59 Å². The molecule has 1 saturated heterocycles. The number of aliphatic hydroxyl groups excluding tert-OH is 3. The van der Waals surface area contributed by atoms with Crippen molar-refractivity contribution in [1.29, 1.82) is 0 Å². The molecule has 2 amide bonds. The Morgan fingerprint density at radius 2 is 2.04 bits per heavy atom. The van der Waals surface area contributed by atoms with Gasteiger partial charge in [0.15, 0.2) is 5.71 Å². The van der Waals surface area contributed by atoms with Crippen LogP contribution in [0.1, 0.15) is 12.5 Å². The van der Waals surface area contributed by atoms with Crippen LogP contribution in [0.3, 0.4) is 0 Å². The zero-order valence-corrected chi connectivity index (χ0v) is 14.8. The summed E-state index contributed by atoms with van der Waals surface area (Å²) >= 11 is 0. The zero-order valence-electron chi connectivity index (χ0n) is 14.8. The number of benzene rings is 1. The Bertz CT molecular complexity index is 769. The molecular formula is C17H21N3O7. The summed E-state index contributed by atoms with van der Waals surface area (Å²) < 4.78 is 5.41. The first kappa shape index (κ1) is 19.2. The second-order valence-electron chi connectivity index (χ2n) is 6.36. The minimum Gasteiger partial charge on any atom is -0.394 e. The summed E-state index contributed by atoms with van der Waals surface area (Å²) in [6.45, 7) is 0.651. The number of para-hydroxylation sites is 1. The maximum absolute atomic E-state index is 12.4.